The summed E-state index contributed by atoms with van der Waals surface area (Å²) in [5.41, 5.74) is 3.67. The summed E-state index contributed by atoms with van der Waals surface area (Å²) in [6.07, 6.45) is 4.15. The van der Waals surface area contributed by atoms with Crippen LogP contribution in [-0.2, 0) is 25.5 Å². The van der Waals surface area contributed by atoms with E-state index in [1.807, 2.05) is 6.08 Å². The summed E-state index contributed by atoms with van der Waals surface area (Å²) in [5, 5.41) is 48.1. The Bertz CT molecular complexity index is 1750. The molecule has 0 spiro atoms. The Balaban J connectivity index is 1.42. The molecule has 6 rings (SSSR count). The molecule has 1 fully saturated rings. The third-order valence-corrected chi connectivity index (χ3v) is 9.30. The molecule has 7 N–H and O–H groups in total. The SMILES string of the molecule is CN(C)[C@@H]1C(=O)C(C(N)=O)=C(O)[C@@]2(O)C(=O)C3=C(O)c4c(O)ccc(-c5cccc(C(=O)NCC6CC=CO6)c5)c4C[C@H]3C[C@@H]12. The van der Waals surface area contributed by atoms with Gasteiger partial charge >= 0.3 is 0 Å². The second kappa shape index (κ2) is 10.9. The Labute approximate surface area is 258 Å². The van der Waals surface area contributed by atoms with Crippen LogP contribution in [0.2, 0.25) is 0 Å². The van der Waals surface area contributed by atoms with E-state index in [4.69, 9.17) is 10.5 Å². The van der Waals surface area contributed by atoms with Crippen LogP contribution in [0.5, 0.6) is 5.75 Å². The molecule has 3 aliphatic carbocycles. The Kier molecular flexibility index (Phi) is 7.29. The Morgan fingerprint density at radius 2 is 1.89 bits per heavy atom. The molecule has 45 heavy (non-hydrogen) atoms. The van der Waals surface area contributed by atoms with Crippen LogP contribution in [0.4, 0.5) is 0 Å². The van der Waals surface area contributed by atoms with Crippen molar-refractivity contribution in [2.24, 2.45) is 17.6 Å². The molecule has 1 saturated carbocycles. The molecule has 1 heterocycles. The van der Waals surface area contributed by atoms with Gasteiger partial charge in [-0.25, -0.2) is 0 Å². The number of phenols is 1. The highest BCUT2D eigenvalue weighted by Gasteiger charge is 2.64. The highest BCUT2D eigenvalue weighted by molar-refractivity contribution is 6.24. The number of primary amides is 1. The van der Waals surface area contributed by atoms with Gasteiger partial charge in [-0.2, -0.15) is 0 Å². The number of likely N-dealkylation sites (N-methyl/N-ethyl adjacent to an activating group) is 1. The van der Waals surface area contributed by atoms with Gasteiger partial charge in [-0.05, 0) is 73.8 Å². The number of rotatable bonds is 6. The van der Waals surface area contributed by atoms with Crippen molar-refractivity contribution in [3.63, 3.8) is 0 Å². The maximum atomic E-state index is 14.0. The number of hydrogen-bond acceptors (Lipinski definition) is 10. The number of benzene rings is 2. The summed E-state index contributed by atoms with van der Waals surface area (Å²) in [5.74, 6) is -7.42. The van der Waals surface area contributed by atoms with Gasteiger partial charge in [-0.3, -0.25) is 24.1 Å². The number of aliphatic hydroxyl groups excluding tert-OH is 2. The maximum Gasteiger partial charge on any atom is 0.255 e. The average molecular weight is 616 g/mol. The lowest BCUT2D eigenvalue weighted by Gasteiger charge is -2.50. The summed E-state index contributed by atoms with van der Waals surface area (Å²) < 4.78 is 5.41. The number of aliphatic hydroxyl groups is 3. The van der Waals surface area contributed by atoms with Crippen molar-refractivity contribution in [3.8, 4) is 16.9 Å². The first-order chi connectivity index (χ1) is 21.4. The first-order valence-electron chi connectivity index (χ1n) is 14.5. The number of ketones is 2. The van der Waals surface area contributed by atoms with Gasteiger partial charge in [0.15, 0.2) is 11.4 Å². The molecular formula is C33H33N3O9. The van der Waals surface area contributed by atoms with Gasteiger partial charge in [-0.15, -0.1) is 0 Å². The van der Waals surface area contributed by atoms with Crippen molar-refractivity contribution in [1.29, 1.82) is 0 Å². The highest BCUT2D eigenvalue weighted by Crippen LogP contribution is 2.53. The molecule has 1 unspecified atom stereocenters. The number of nitrogens with one attached hydrogen (secondary N) is 1. The van der Waals surface area contributed by atoms with E-state index in [0.29, 0.717) is 35.2 Å². The molecule has 0 bridgehead atoms. The predicted molar refractivity (Wildman–Crippen MR) is 161 cm³/mol. The van der Waals surface area contributed by atoms with Crippen molar-refractivity contribution < 1.29 is 44.3 Å². The number of phenolic OH excluding ortho intramolecular Hbond substituents is 1. The number of Topliss-reactive ketones (excluding diaryl/α,β-unsaturated/α-hetero) is 2. The number of hydrogen-bond donors (Lipinski definition) is 6. The first kappa shape index (κ1) is 30.1. The van der Waals surface area contributed by atoms with Crippen molar-refractivity contribution in [1.82, 2.24) is 10.2 Å². The van der Waals surface area contributed by atoms with E-state index in [9.17, 15) is 39.6 Å². The van der Waals surface area contributed by atoms with E-state index in [0.717, 1.165) is 0 Å². The zero-order valence-corrected chi connectivity index (χ0v) is 24.6. The summed E-state index contributed by atoms with van der Waals surface area (Å²) in [6, 6.07) is 8.69. The maximum absolute atomic E-state index is 14.0. The first-order valence-corrected chi connectivity index (χ1v) is 14.5. The molecule has 2 aromatic rings. The molecule has 234 valence electrons. The van der Waals surface area contributed by atoms with Crippen LogP contribution >= 0.6 is 0 Å². The van der Waals surface area contributed by atoms with Crippen LogP contribution < -0.4 is 11.1 Å². The third kappa shape index (κ3) is 4.59. The van der Waals surface area contributed by atoms with E-state index < -0.39 is 58.0 Å². The van der Waals surface area contributed by atoms with Gasteiger partial charge in [0, 0.05) is 23.5 Å². The zero-order valence-electron chi connectivity index (χ0n) is 24.6. The molecule has 5 atom stereocenters. The minimum atomic E-state index is -2.71. The van der Waals surface area contributed by atoms with Gasteiger partial charge in [0.25, 0.3) is 11.8 Å². The summed E-state index contributed by atoms with van der Waals surface area (Å²) in [7, 11) is 3.09. The molecule has 12 nitrogen and oxygen atoms in total. The molecule has 4 aliphatic rings. The van der Waals surface area contributed by atoms with Gasteiger partial charge in [0.05, 0.1) is 24.4 Å². The Hall–Kier alpha value is -4.94. The number of amides is 2. The lowest BCUT2D eigenvalue weighted by atomic mass is 9.57. The second-order valence-electron chi connectivity index (χ2n) is 12.1. The number of carbonyl (C=O) groups is 4. The van der Waals surface area contributed by atoms with Crippen LogP contribution in [0.25, 0.3) is 16.9 Å². The summed E-state index contributed by atoms with van der Waals surface area (Å²) in [4.78, 5) is 53.9. The summed E-state index contributed by atoms with van der Waals surface area (Å²) >= 11 is 0. The fourth-order valence-corrected chi connectivity index (χ4v) is 7.21. The lowest BCUT2D eigenvalue weighted by molar-refractivity contribution is -0.153. The second-order valence-corrected chi connectivity index (χ2v) is 12.1. The van der Waals surface area contributed by atoms with Crippen LogP contribution in [0, 0.1) is 11.8 Å². The molecule has 12 heteroatoms. The minimum Gasteiger partial charge on any atom is -0.508 e. The standard InChI is InChI=1S/C33H33N3O9/c1-36(2)26-21-13-17-12-20-19(15-5-3-6-16(11-15)32(43)35-14-18-7-4-10-45-18)8-9-22(37)24(20)27(38)23(17)29(40)33(21,44)30(41)25(28(26)39)31(34)42/h3-6,8-11,17-18,21,26,37-38,41,44H,7,12-14H2,1-2H3,(H2,34,42)(H,35,43)/t17-,18?,21-,26-,33-/m0/s1. The number of nitrogens with two attached hydrogens (primary N) is 1. The molecular weight excluding hydrogens is 582 g/mol. The van der Waals surface area contributed by atoms with Crippen molar-refractivity contribution in [2.45, 2.75) is 37.0 Å². The molecule has 2 aromatic carbocycles. The van der Waals surface area contributed by atoms with E-state index in [1.54, 1.807) is 50.7 Å². The minimum absolute atomic E-state index is 0.0236. The zero-order chi connectivity index (χ0) is 32.4. The summed E-state index contributed by atoms with van der Waals surface area (Å²) in [6.45, 7) is 0.331. The van der Waals surface area contributed by atoms with Crippen molar-refractivity contribution >= 4 is 29.1 Å². The van der Waals surface area contributed by atoms with Crippen LogP contribution in [-0.4, -0.2) is 87.1 Å². The van der Waals surface area contributed by atoms with E-state index >= 15 is 0 Å². The molecule has 0 saturated heterocycles. The monoisotopic (exact) mass is 615 g/mol. The number of fused-ring (bicyclic) bond motifs is 3. The molecule has 0 aromatic heterocycles. The van der Waals surface area contributed by atoms with Crippen LogP contribution in [0.1, 0.15) is 34.3 Å². The van der Waals surface area contributed by atoms with E-state index in [1.165, 1.54) is 11.0 Å². The van der Waals surface area contributed by atoms with Gasteiger partial charge in [0.2, 0.25) is 5.78 Å². The number of nitrogens with zero attached hydrogens (tertiary/aromatic N) is 1. The molecule has 0 radical (unpaired) electrons. The fraction of sp³-hybridized carbons (Fsp3) is 0.333. The Morgan fingerprint density at radius 3 is 2.56 bits per heavy atom. The smallest absolute Gasteiger partial charge is 0.255 e. The van der Waals surface area contributed by atoms with E-state index in [-0.39, 0.29) is 41.7 Å². The number of carbonyl (C=O) groups excluding carboxylic acids is 4. The van der Waals surface area contributed by atoms with Gasteiger partial charge in [-0.1, -0.05) is 18.2 Å². The number of aromatic hydroxyl groups is 1. The quantitative estimate of drug-likeness (QED) is 0.260. The predicted octanol–water partition coefficient (Wildman–Crippen LogP) is 1.66. The molecule has 2 amide bonds. The van der Waals surface area contributed by atoms with Crippen LogP contribution in [0.15, 0.2) is 65.6 Å². The largest absolute Gasteiger partial charge is 0.508 e. The topological polar surface area (TPSA) is 200 Å². The van der Waals surface area contributed by atoms with Crippen LogP contribution in [0.3, 0.4) is 0 Å². The molecule has 1 aliphatic heterocycles. The third-order valence-electron chi connectivity index (χ3n) is 9.30. The number of ether oxygens (including phenoxy) is 1. The van der Waals surface area contributed by atoms with Gasteiger partial charge < -0.3 is 36.2 Å². The Morgan fingerprint density at radius 1 is 1.13 bits per heavy atom. The normalized spacial score (nSPS) is 27.2. The average Bonchev–Trinajstić information content (AvgIpc) is 3.51. The van der Waals surface area contributed by atoms with E-state index in [2.05, 4.69) is 5.32 Å². The lowest BCUT2D eigenvalue weighted by Crippen LogP contribution is -2.65. The highest BCUT2D eigenvalue weighted by atomic mass is 16.5. The van der Waals surface area contributed by atoms with Crippen molar-refractivity contribution in [3.05, 3.63) is 82.3 Å². The van der Waals surface area contributed by atoms with Gasteiger partial charge in [0.1, 0.15) is 28.9 Å². The fourth-order valence-electron chi connectivity index (χ4n) is 7.21. The van der Waals surface area contributed by atoms with Crippen molar-refractivity contribution in [2.75, 3.05) is 20.6 Å².